The van der Waals surface area contributed by atoms with Gasteiger partial charge in [0.05, 0.1) is 18.0 Å². The van der Waals surface area contributed by atoms with Gasteiger partial charge in [0.15, 0.2) is 5.16 Å². The van der Waals surface area contributed by atoms with Gasteiger partial charge in [-0.1, -0.05) is 23.9 Å². The quantitative estimate of drug-likeness (QED) is 0.827. The Bertz CT molecular complexity index is 642. The minimum absolute atomic E-state index is 0.0189. The lowest BCUT2D eigenvalue weighted by Gasteiger charge is -2.15. The number of aromatic nitrogens is 3. The van der Waals surface area contributed by atoms with Gasteiger partial charge in [-0.15, -0.1) is 10.2 Å². The van der Waals surface area contributed by atoms with Gasteiger partial charge in [-0.3, -0.25) is 9.36 Å². The van der Waals surface area contributed by atoms with Gasteiger partial charge in [0, 0.05) is 6.04 Å². The number of benzene rings is 1. The molecule has 0 unspecified atom stereocenters. The monoisotopic (exact) mass is 320 g/mol. The first-order chi connectivity index (χ1) is 10.5. The van der Waals surface area contributed by atoms with Crippen molar-refractivity contribution in [1.82, 2.24) is 20.1 Å². The van der Waals surface area contributed by atoms with Gasteiger partial charge < -0.3 is 10.1 Å². The highest BCUT2D eigenvalue weighted by molar-refractivity contribution is 8.00. The van der Waals surface area contributed by atoms with Gasteiger partial charge in [0.25, 0.3) is 0 Å². The molecule has 1 aromatic heterocycles. The van der Waals surface area contributed by atoms with Crippen molar-refractivity contribution in [3.63, 3.8) is 0 Å². The molecule has 1 heterocycles. The van der Waals surface area contributed by atoms with E-state index in [0.717, 1.165) is 11.4 Å². The third-order valence-electron chi connectivity index (χ3n) is 2.94. The maximum Gasteiger partial charge on any atom is 0.233 e. The molecule has 0 radical (unpaired) electrons. The van der Waals surface area contributed by atoms with Crippen molar-refractivity contribution in [1.29, 1.82) is 0 Å². The van der Waals surface area contributed by atoms with Crippen molar-refractivity contribution in [2.24, 2.45) is 0 Å². The molecule has 1 amide bonds. The summed E-state index contributed by atoms with van der Waals surface area (Å²) in [6.07, 6.45) is 1.62. The number of para-hydroxylation sites is 2. The molecule has 0 bridgehead atoms. The molecule has 1 atom stereocenters. The Labute approximate surface area is 134 Å². The second kappa shape index (κ2) is 7.31. The Morgan fingerprint density at radius 2 is 2.05 bits per heavy atom. The van der Waals surface area contributed by atoms with Crippen molar-refractivity contribution in [3.05, 3.63) is 30.6 Å². The first-order valence-electron chi connectivity index (χ1n) is 7.03. The van der Waals surface area contributed by atoms with Crippen LogP contribution < -0.4 is 10.1 Å². The zero-order valence-electron chi connectivity index (χ0n) is 13.1. The summed E-state index contributed by atoms with van der Waals surface area (Å²) in [5.41, 5.74) is 0.842. The predicted molar refractivity (Wildman–Crippen MR) is 86.5 cm³/mol. The van der Waals surface area contributed by atoms with E-state index in [-0.39, 0.29) is 17.2 Å². The van der Waals surface area contributed by atoms with Gasteiger partial charge in [0.1, 0.15) is 12.1 Å². The largest absolute Gasteiger partial charge is 0.495 e. The molecule has 0 fully saturated rings. The van der Waals surface area contributed by atoms with Crippen LogP contribution >= 0.6 is 11.8 Å². The standard InChI is InChI=1S/C15H20N4O2S/c1-10(2)17-14(20)11(3)22-15-18-16-9-19(15)12-7-5-6-8-13(12)21-4/h5-11H,1-4H3,(H,17,20)/t11-/m1/s1. The molecule has 7 heteroatoms. The number of hydrogen-bond donors (Lipinski definition) is 1. The number of nitrogens with one attached hydrogen (secondary N) is 1. The first-order valence-corrected chi connectivity index (χ1v) is 7.91. The number of nitrogens with zero attached hydrogens (tertiary/aromatic N) is 3. The van der Waals surface area contributed by atoms with E-state index in [0.29, 0.717) is 5.16 Å². The Kier molecular flexibility index (Phi) is 5.43. The third-order valence-corrected chi connectivity index (χ3v) is 4.00. The summed E-state index contributed by atoms with van der Waals surface area (Å²) >= 11 is 1.36. The highest BCUT2D eigenvalue weighted by Gasteiger charge is 2.19. The van der Waals surface area contributed by atoms with Gasteiger partial charge >= 0.3 is 0 Å². The van der Waals surface area contributed by atoms with Crippen LogP contribution in [0.3, 0.4) is 0 Å². The number of amides is 1. The van der Waals surface area contributed by atoms with Crippen molar-refractivity contribution >= 4 is 17.7 Å². The smallest absolute Gasteiger partial charge is 0.233 e. The van der Waals surface area contributed by atoms with Crippen molar-refractivity contribution in [3.8, 4) is 11.4 Å². The molecule has 0 aliphatic rings. The molecular weight excluding hydrogens is 300 g/mol. The zero-order valence-corrected chi connectivity index (χ0v) is 13.9. The number of hydrogen-bond acceptors (Lipinski definition) is 5. The summed E-state index contributed by atoms with van der Waals surface area (Å²) < 4.78 is 7.19. The summed E-state index contributed by atoms with van der Waals surface area (Å²) in [6.45, 7) is 5.73. The third kappa shape index (κ3) is 3.79. The van der Waals surface area contributed by atoms with E-state index < -0.39 is 0 Å². The van der Waals surface area contributed by atoms with Crippen LogP contribution in [0.1, 0.15) is 20.8 Å². The fraction of sp³-hybridized carbons (Fsp3) is 0.400. The van der Waals surface area contributed by atoms with Crippen molar-refractivity contribution in [2.45, 2.75) is 37.2 Å². The number of carbonyl (C=O) groups is 1. The number of carbonyl (C=O) groups excluding carboxylic acids is 1. The number of methoxy groups -OCH3 is 1. The van der Waals surface area contributed by atoms with Gasteiger partial charge in [0.2, 0.25) is 5.91 Å². The Morgan fingerprint density at radius 1 is 1.32 bits per heavy atom. The molecule has 0 aliphatic carbocycles. The number of thioether (sulfide) groups is 1. The zero-order chi connectivity index (χ0) is 16.1. The van der Waals surface area contributed by atoms with E-state index in [1.165, 1.54) is 11.8 Å². The number of ether oxygens (including phenoxy) is 1. The van der Waals surface area contributed by atoms with E-state index in [1.54, 1.807) is 13.4 Å². The average molecular weight is 320 g/mol. The van der Waals surface area contributed by atoms with Gasteiger partial charge in [-0.2, -0.15) is 0 Å². The van der Waals surface area contributed by atoms with Crippen molar-refractivity contribution in [2.75, 3.05) is 7.11 Å². The minimum atomic E-state index is -0.264. The van der Waals surface area contributed by atoms with Crippen LogP contribution in [0.4, 0.5) is 0 Å². The molecule has 0 saturated carbocycles. The molecule has 1 aromatic carbocycles. The van der Waals surface area contributed by atoms with E-state index in [2.05, 4.69) is 15.5 Å². The molecule has 0 aliphatic heterocycles. The highest BCUT2D eigenvalue weighted by Crippen LogP contribution is 2.28. The van der Waals surface area contributed by atoms with Crippen molar-refractivity contribution < 1.29 is 9.53 Å². The minimum Gasteiger partial charge on any atom is -0.495 e. The molecule has 6 nitrogen and oxygen atoms in total. The lowest BCUT2D eigenvalue weighted by molar-refractivity contribution is -0.120. The van der Waals surface area contributed by atoms with Crippen LogP contribution in [0.2, 0.25) is 0 Å². The summed E-state index contributed by atoms with van der Waals surface area (Å²) in [6, 6.07) is 7.73. The Balaban J connectivity index is 2.21. The van der Waals surface area contributed by atoms with Crippen LogP contribution in [0.5, 0.6) is 5.75 Å². The Hall–Kier alpha value is -2.02. The van der Waals surface area contributed by atoms with Crippen LogP contribution in [0.15, 0.2) is 35.7 Å². The van der Waals surface area contributed by atoms with Gasteiger partial charge in [-0.05, 0) is 32.9 Å². The fourth-order valence-electron chi connectivity index (χ4n) is 1.91. The van der Waals surface area contributed by atoms with Crippen LogP contribution in [-0.4, -0.2) is 39.1 Å². The molecule has 118 valence electrons. The first kappa shape index (κ1) is 16.4. The summed E-state index contributed by atoms with van der Waals surface area (Å²) in [7, 11) is 1.62. The average Bonchev–Trinajstić information content (AvgIpc) is 2.94. The maximum atomic E-state index is 12.0. The molecular formula is C15H20N4O2S. The Morgan fingerprint density at radius 3 is 2.73 bits per heavy atom. The lowest BCUT2D eigenvalue weighted by atomic mass is 10.3. The van der Waals surface area contributed by atoms with E-state index >= 15 is 0 Å². The molecule has 0 spiro atoms. The second-order valence-electron chi connectivity index (χ2n) is 5.08. The summed E-state index contributed by atoms with van der Waals surface area (Å²) in [5, 5.41) is 11.3. The normalized spacial score (nSPS) is 12.2. The van der Waals surface area contributed by atoms with E-state index in [4.69, 9.17) is 4.74 Å². The predicted octanol–water partition coefficient (Wildman–Crippen LogP) is 2.28. The fourth-order valence-corrected chi connectivity index (χ4v) is 2.76. The summed E-state index contributed by atoms with van der Waals surface area (Å²) in [5.74, 6) is 0.706. The number of rotatable bonds is 6. The van der Waals surface area contributed by atoms with Crippen LogP contribution in [-0.2, 0) is 4.79 Å². The summed E-state index contributed by atoms with van der Waals surface area (Å²) in [4.78, 5) is 12.0. The lowest BCUT2D eigenvalue weighted by Crippen LogP contribution is -2.36. The molecule has 1 N–H and O–H groups in total. The SMILES string of the molecule is COc1ccccc1-n1cnnc1S[C@H](C)C(=O)NC(C)C. The van der Waals surface area contributed by atoms with E-state index in [1.807, 2.05) is 49.6 Å². The highest BCUT2D eigenvalue weighted by atomic mass is 32.2. The van der Waals surface area contributed by atoms with Gasteiger partial charge in [-0.25, -0.2) is 0 Å². The second-order valence-corrected chi connectivity index (χ2v) is 6.39. The van der Waals surface area contributed by atoms with Crippen LogP contribution in [0, 0.1) is 0 Å². The molecule has 2 rings (SSSR count). The maximum absolute atomic E-state index is 12.0. The molecule has 22 heavy (non-hydrogen) atoms. The van der Waals surface area contributed by atoms with Crippen LogP contribution in [0.25, 0.3) is 5.69 Å². The molecule has 2 aromatic rings. The molecule has 0 saturated heterocycles. The van der Waals surface area contributed by atoms with E-state index in [9.17, 15) is 4.79 Å². The topological polar surface area (TPSA) is 69.0 Å².